The fourth-order valence-corrected chi connectivity index (χ4v) is 3.36. The van der Waals surface area contributed by atoms with Crippen LogP contribution in [0.15, 0.2) is 48.5 Å². The number of rotatable bonds is 7. The van der Waals surface area contributed by atoms with E-state index >= 15 is 0 Å². The molecule has 0 saturated carbocycles. The smallest absolute Gasteiger partial charge is 0.234 e. The molecule has 1 aliphatic rings. The Labute approximate surface area is 150 Å². The highest BCUT2D eigenvalue weighted by Crippen LogP contribution is 2.24. The zero-order valence-corrected chi connectivity index (χ0v) is 14.9. The minimum Gasteiger partial charge on any atom is -0.351 e. The molecule has 0 aliphatic carbocycles. The summed E-state index contributed by atoms with van der Waals surface area (Å²) in [5, 5.41) is 5.83. The van der Waals surface area contributed by atoms with E-state index < -0.39 is 0 Å². The lowest BCUT2D eigenvalue weighted by molar-refractivity contribution is -0.120. The van der Waals surface area contributed by atoms with Crippen molar-refractivity contribution in [2.24, 2.45) is 0 Å². The van der Waals surface area contributed by atoms with Crippen LogP contribution < -0.4 is 10.6 Å². The Balaban J connectivity index is 1.69. The van der Waals surface area contributed by atoms with E-state index in [1.54, 1.807) is 7.05 Å². The van der Waals surface area contributed by atoms with Gasteiger partial charge in [0.2, 0.25) is 5.91 Å². The summed E-state index contributed by atoms with van der Waals surface area (Å²) in [6, 6.07) is 17.1. The summed E-state index contributed by atoms with van der Waals surface area (Å²) in [6.07, 6.45) is 2.65. The summed E-state index contributed by atoms with van der Waals surface area (Å²) >= 11 is 0. The van der Waals surface area contributed by atoms with Crippen molar-refractivity contribution in [3.05, 3.63) is 59.7 Å². The highest BCUT2D eigenvalue weighted by atomic mass is 16.1. The Morgan fingerprint density at radius 2 is 1.76 bits per heavy atom. The molecule has 1 aliphatic heterocycles. The number of carbonyl (C=O) groups is 1. The van der Waals surface area contributed by atoms with Crippen molar-refractivity contribution in [1.82, 2.24) is 15.5 Å². The van der Waals surface area contributed by atoms with E-state index in [1.165, 1.54) is 42.6 Å². The number of nitrogens with one attached hydrogen (secondary N) is 2. The predicted octanol–water partition coefficient (Wildman–Crippen LogP) is 2.79. The number of carbonyl (C=O) groups excluding carboxylic acids is 1. The lowest BCUT2D eigenvalue weighted by Crippen LogP contribution is -2.31. The first kappa shape index (κ1) is 17.6. The molecule has 2 aromatic rings. The van der Waals surface area contributed by atoms with Gasteiger partial charge in [-0.05, 0) is 55.2 Å². The van der Waals surface area contributed by atoms with Gasteiger partial charge >= 0.3 is 0 Å². The molecule has 0 bridgehead atoms. The van der Waals surface area contributed by atoms with Crippen LogP contribution >= 0.6 is 0 Å². The lowest BCUT2D eigenvalue weighted by Gasteiger charge is -2.15. The van der Waals surface area contributed by atoms with Gasteiger partial charge in [0.25, 0.3) is 0 Å². The first-order chi connectivity index (χ1) is 12.3. The predicted molar refractivity (Wildman–Crippen MR) is 102 cm³/mol. The molecular formula is C21H27N3O. The highest BCUT2D eigenvalue weighted by molar-refractivity contribution is 5.78. The van der Waals surface area contributed by atoms with E-state index in [0.29, 0.717) is 13.1 Å². The number of benzene rings is 2. The van der Waals surface area contributed by atoms with Gasteiger partial charge in [-0.3, -0.25) is 9.69 Å². The van der Waals surface area contributed by atoms with Gasteiger partial charge in [0.1, 0.15) is 0 Å². The Morgan fingerprint density at radius 3 is 2.48 bits per heavy atom. The Kier molecular flexibility index (Phi) is 6.20. The molecule has 1 amide bonds. The molecule has 132 valence electrons. The van der Waals surface area contributed by atoms with Crippen LogP contribution in [0.1, 0.15) is 24.0 Å². The number of hydrogen-bond acceptors (Lipinski definition) is 3. The van der Waals surface area contributed by atoms with Gasteiger partial charge in [-0.2, -0.15) is 0 Å². The fraction of sp³-hybridized carbons (Fsp3) is 0.381. The van der Waals surface area contributed by atoms with Crippen LogP contribution in [0, 0.1) is 0 Å². The molecule has 1 fully saturated rings. The van der Waals surface area contributed by atoms with Crippen molar-refractivity contribution in [2.75, 3.05) is 26.7 Å². The second kappa shape index (κ2) is 8.79. The standard InChI is InChI=1S/C21H27N3O/c1-22-15-21(25)23-14-19-6-2-3-7-20(19)18-10-8-17(9-11-18)16-24-12-4-5-13-24/h2-3,6-11,22H,4-5,12-16H2,1H3,(H,23,25). The molecule has 0 aromatic heterocycles. The van der Waals surface area contributed by atoms with Gasteiger partial charge < -0.3 is 10.6 Å². The molecule has 1 saturated heterocycles. The van der Waals surface area contributed by atoms with Gasteiger partial charge in [-0.1, -0.05) is 48.5 Å². The van der Waals surface area contributed by atoms with Crippen molar-refractivity contribution in [3.8, 4) is 11.1 Å². The average Bonchev–Trinajstić information content (AvgIpc) is 3.14. The third-order valence-electron chi connectivity index (χ3n) is 4.70. The third kappa shape index (κ3) is 4.91. The van der Waals surface area contributed by atoms with Crippen molar-refractivity contribution >= 4 is 5.91 Å². The molecule has 2 N–H and O–H groups in total. The van der Waals surface area contributed by atoms with Crippen LogP contribution in [0.2, 0.25) is 0 Å². The van der Waals surface area contributed by atoms with E-state index in [9.17, 15) is 4.79 Å². The number of amides is 1. The van der Waals surface area contributed by atoms with Gasteiger partial charge in [-0.15, -0.1) is 0 Å². The summed E-state index contributed by atoms with van der Waals surface area (Å²) in [4.78, 5) is 14.2. The molecule has 1 heterocycles. The van der Waals surface area contributed by atoms with Gasteiger partial charge in [0, 0.05) is 13.1 Å². The number of likely N-dealkylation sites (tertiary alicyclic amines) is 1. The average molecular weight is 337 g/mol. The van der Waals surface area contributed by atoms with Crippen molar-refractivity contribution in [3.63, 3.8) is 0 Å². The second-order valence-corrected chi connectivity index (χ2v) is 6.64. The van der Waals surface area contributed by atoms with Crippen LogP contribution in [0.5, 0.6) is 0 Å². The SMILES string of the molecule is CNCC(=O)NCc1ccccc1-c1ccc(CN2CCCC2)cc1. The minimum atomic E-state index is 0.0123. The molecule has 0 radical (unpaired) electrons. The first-order valence-electron chi connectivity index (χ1n) is 9.07. The maximum Gasteiger partial charge on any atom is 0.234 e. The molecule has 2 aromatic carbocycles. The number of hydrogen-bond donors (Lipinski definition) is 2. The molecule has 3 rings (SSSR count). The van der Waals surface area contributed by atoms with Crippen LogP contribution in [-0.2, 0) is 17.9 Å². The van der Waals surface area contributed by atoms with E-state index in [-0.39, 0.29) is 5.91 Å². The molecule has 0 atom stereocenters. The topological polar surface area (TPSA) is 44.4 Å². The third-order valence-corrected chi connectivity index (χ3v) is 4.70. The maximum atomic E-state index is 11.7. The molecule has 4 heteroatoms. The van der Waals surface area contributed by atoms with Crippen molar-refractivity contribution in [1.29, 1.82) is 0 Å². The van der Waals surface area contributed by atoms with E-state index in [0.717, 1.165) is 12.1 Å². The second-order valence-electron chi connectivity index (χ2n) is 6.64. The van der Waals surface area contributed by atoms with Crippen molar-refractivity contribution in [2.45, 2.75) is 25.9 Å². The van der Waals surface area contributed by atoms with Crippen LogP contribution in [0.25, 0.3) is 11.1 Å². The molecule has 0 spiro atoms. The largest absolute Gasteiger partial charge is 0.351 e. The van der Waals surface area contributed by atoms with E-state index in [1.807, 2.05) is 12.1 Å². The minimum absolute atomic E-state index is 0.0123. The van der Waals surface area contributed by atoms with E-state index in [4.69, 9.17) is 0 Å². The highest BCUT2D eigenvalue weighted by Gasteiger charge is 2.12. The summed E-state index contributed by atoms with van der Waals surface area (Å²) in [5.74, 6) is 0.0123. The number of nitrogens with zero attached hydrogens (tertiary/aromatic N) is 1. The van der Waals surface area contributed by atoms with Crippen LogP contribution in [-0.4, -0.2) is 37.5 Å². The summed E-state index contributed by atoms with van der Waals surface area (Å²) in [6.45, 7) is 4.37. The summed E-state index contributed by atoms with van der Waals surface area (Å²) < 4.78 is 0. The lowest BCUT2D eigenvalue weighted by atomic mass is 9.98. The molecular weight excluding hydrogens is 310 g/mol. The first-order valence-corrected chi connectivity index (χ1v) is 9.07. The van der Waals surface area contributed by atoms with Crippen LogP contribution in [0.4, 0.5) is 0 Å². The summed E-state index contributed by atoms with van der Waals surface area (Å²) in [5.41, 5.74) is 4.88. The van der Waals surface area contributed by atoms with Gasteiger partial charge in [0.05, 0.1) is 6.54 Å². The molecule has 4 nitrogen and oxygen atoms in total. The monoisotopic (exact) mass is 337 g/mol. The molecule has 25 heavy (non-hydrogen) atoms. The Morgan fingerprint density at radius 1 is 1.04 bits per heavy atom. The van der Waals surface area contributed by atoms with Crippen molar-refractivity contribution < 1.29 is 4.79 Å². The Bertz CT molecular complexity index is 691. The fourth-order valence-electron chi connectivity index (χ4n) is 3.36. The van der Waals surface area contributed by atoms with E-state index in [2.05, 4.69) is 51.9 Å². The zero-order chi connectivity index (χ0) is 17.5. The zero-order valence-electron chi connectivity index (χ0n) is 14.9. The number of likely N-dealkylation sites (N-methyl/N-ethyl adjacent to an activating group) is 1. The quantitative estimate of drug-likeness (QED) is 0.816. The summed E-state index contributed by atoms with van der Waals surface area (Å²) in [7, 11) is 1.78. The maximum absolute atomic E-state index is 11.7. The van der Waals surface area contributed by atoms with Gasteiger partial charge in [-0.25, -0.2) is 0 Å². The molecule has 0 unspecified atom stereocenters. The Hall–Kier alpha value is -2.17. The normalized spacial score (nSPS) is 14.6. The van der Waals surface area contributed by atoms with Crippen LogP contribution in [0.3, 0.4) is 0 Å². The van der Waals surface area contributed by atoms with Gasteiger partial charge in [0.15, 0.2) is 0 Å².